The second-order valence-corrected chi connectivity index (χ2v) is 21.5. The molecule has 2 fully saturated rings. The van der Waals surface area contributed by atoms with Crippen LogP contribution in [0.2, 0.25) is 0 Å². The smallest absolute Gasteiger partial charge is 0.481 e. The largest absolute Gasteiger partial charge is 0.573 e. The number of anilines is 4. The Hall–Kier alpha value is -6.46. The Morgan fingerprint density at radius 2 is 0.958 bits per heavy atom. The van der Waals surface area contributed by atoms with Gasteiger partial charge in [-0.25, -0.2) is 9.97 Å². The van der Waals surface area contributed by atoms with E-state index >= 15 is 0 Å². The molecule has 388 valence electrons. The Morgan fingerprint density at radius 3 is 1.26 bits per heavy atom. The Morgan fingerprint density at radius 1 is 0.611 bits per heavy atom. The summed E-state index contributed by atoms with van der Waals surface area (Å²) in [5, 5.41) is 24.8. The van der Waals surface area contributed by atoms with E-state index in [1.165, 1.54) is 48.5 Å². The number of carboxylic acids is 2. The van der Waals surface area contributed by atoms with Gasteiger partial charge in [0, 0.05) is 36.3 Å². The number of benzene rings is 4. The van der Waals surface area contributed by atoms with Crippen LogP contribution >= 0.6 is 0 Å². The van der Waals surface area contributed by atoms with Gasteiger partial charge in [-0.15, -0.1) is 26.3 Å². The lowest BCUT2D eigenvalue weighted by Gasteiger charge is -2.40. The number of aryl methyl sites for hydroxylation is 4. The number of aromatic nitrogens is 4. The van der Waals surface area contributed by atoms with Gasteiger partial charge in [0.15, 0.2) is 0 Å². The van der Waals surface area contributed by atoms with Crippen LogP contribution in [0.3, 0.4) is 0 Å². The SMILES string of the molecule is Cc1cc2c(cc1CCC(=O)O)nc(Nc1ccc(OC(F)(F)F)cc1)n2[C@@H]1C[C@H](C)CC(C)(C)C1.Cc1cc2c(cc1CCC(=O)O)nc(Nc1ccc(OC(F)(F)F)cc1)n2[C@H]1C[C@@H](C)CC(C)(C)C1. The lowest BCUT2D eigenvalue weighted by Crippen LogP contribution is -2.29. The third kappa shape index (κ3) is 13.9. The third-order valence-electron chi connectivity index (χ3n) is 13.7. The van der Waals surface area contributed by atoms with Crippen molar-refractivity contribution >= 4 is 57.3 Å². The second-order valence-electron chi connectivity index (χ2n) is 21.5. The average molecular weight is 1010 g/mol. The minimum atomic E-state index is -4.75. The summed E-state index contributed by atoms with van der Waals surface area (Å²) >= 11 is 0. The number of hydrogen-bond acceptors (Lipinski definition) is 8. The molecule has 2 aliphatic rings. The van der Waals surface area contributed by atoms with Crippen LogP contribution in [0.25, 0.3) is 22.1 Å². The van der Waals surface area contributed by atoms with Gasteiger partial charge in [-0.05, 0) is 183 Å². The number of nitrogens with zero attached hydrogens (tertiary/aromatic N) is 4. The van der Waals surface area contributed by atoms with E-state index < -0.39 is 24.7 Å². The van der Waals surface area contributed by atoms with Gasteiger partial charge in [-0.2, -0.15) is 0 Å². The molecule has 18 heteroatoms. The highest BCUT2D eigenvalue weighted by Gasteiger charge is 2.37. The van der Waals surface area contributed by atoms with Crippen molar-refractivity contribution in [3.8, 4) is 11.5 Å². The van der Waals surface area contributed by atoms with Gasteiger partial charge < -0.3 is 39.5 Å². The van der Waals surface area contributed by atoms with Gasteiger partial charge in [-0.3, -0.25) is 9.59 Å². The van der Waals surface area contributed by atoms with Gasteiger partial charge in [-0.1, -0.05) is 41.5 Å². The van der Waals surface area contributed by atoms with E-state index in [0.29, 0.717) is 47.9 Å². The maximum Gasteiger partial charge on any atom is 0.573 e. The summed E-state index contributed by atoms with van der Waals surface area (Å²) in [5.41, 5.74) is 8.82. The summed E-state index contributed by atoms with van der Waals surface area (Å²) in [5.74, 6) is -0.000328. The lowest BCUT2D eigenvalue weighted by molar-refractivity contribution is -0.275. The predicted octanol–water partition coefficient (Wildman–Crippen LogP) is 14.8. The maximum atomic E-state index is 12.5. The number of alkyl halides is 6. The molecule has 4 N–H and O–H groups in total. The second kappa shape index (κ2) is 20.9. The van der Waals surface area contributed by atoms with Crippen LogP contribution in [0.1, 0.15) is 127 Å². The number of aliphatic carboxylic acids is 2. The standard InChI is InChI=1S/2C27H32F3N3O3/c2*1-16-11-20(15-26(3,4)14-16)33-23-12-17(2)18(5-10-24(34)35)13-22(23)32-25(33)31-19-6-8-21(9-7-19)36-27(28,29)30/h2*6-9,12-13,16,20H,5,10-11,14-15H2,1-4H3,(H,31,32)(H,34,35)/t2*16-,20+/m10/s1. The first kappa shape index (κ1) is 53.3. The minimum Gasteiger partial charge on any atom is -0.481 e. The summed E-state index contributed by atoms with van der Waals surface area (Å²) in [7, 11) is 0. The van der Waals surface area contributed by atoms with Gasteiger partial charge in [0.05, 0.1) is 22.1 Å². The molecule has 0 amide bonds. The molecule has 0 radical (unpaired) electrons. The van der Waals surface area contributed by atoms with Crippen molar-refractivity contribution in [2.75, 3.05) is 10.6 Å². The van der Waals surface area contributed by atoms with Crippen molar-refractivity contribution < 1.29 is 55.6 Å². The molecular weight excluding hydrogens is 943 g/mol. The predicted molar refractivity (Wildman–Crippen MR) is 265 cm³/mol. The number of fused-ring (bicyclic) bond motifs is 2. The fraction of sp³-hybridized carbons (Fsp3) is 0.481. The first-order chi connectivity index (χ1) is 33.6. The van der Waals surface area contributed by atoms with Crippen LogP contribution in [-0.4, -0.2) is 54.0 Å². The first-order valence-electron chi connectivity index (χ1n) is 24.3. The zero-order valence-corrected chi connectivity index (χ0v) is 41.9. The first-order valence-corrected chi connectivity index (χ1v) is 24.3. The number of hydrogen-bond donors (Lipinski definition) is 4. The van der Waals surface area contributed by atoms with Crippen molar-refractivity contribution in [3.05, 3.63) is 95.1 Å². The molecule has 12 nitrogen and oxygen atoms in total. The Labute approximate surface area is 415 Å². The molecule has 2 saturated carbocycles. The zero-order chi connectivity index (χ0) is 52.5. The normalized spacial score (nSPS) is 19.9. The van der Waals surface area contributed by atoms with Crippen molar-refractivity contribution in [1.82, 2.24) is 19.1 Å². The summed E-state index contributed by atoms with van der Waals surface area (Å²) < 4.78 is 87.6. The van der Waals surface area contributed by atoms with E-state index in [-0.39, 0.29) is 47.3 Å². The quantitative estimate of drug-likeness (QED) is 0.0776. The Balaban J connectivity index is 0.000000211. The summed E-state index contributed by atoms with van der Waals surface area (Å²) in [6, 6.07) is 19.6. The third-order valence-corrected chi connectivity index (χ3v) is 13.7. The summed E-state index contributed by atoms with van der Waals surface area (Å²) in [4.78, 5) is 31.9. The van der Waals surface area contributed by atoms with Crippen LogP contribution in [0.5, 0.6) is 11.5 Å². The number of halogens is 6. The number of carbonyl (C=O) groups is 2. The Bertz CT molecular complexity index is 2690. The molecule has 0 bridgehead atoms. The van der Waals surface area contributed by atoms with E-state index in [1.807, 2.05) is 26.0 Å². The molecule has 2 aromatic heterocycles. The Kier molecular flexibility index (Phi) is 15.5. The van der Waals surface area contributed by atoms with Crippen LogP contribution in [0.4, 0.5) is 49.6 Å². The monoisotopic (exact) mass is 1010 g/mol. The highest BCUT2D eigenvalue weighted by Crippen LogP contribution is 2.48. The molecule has 0 saturated heterocycles. The molecule has 2 heterocycles. The van der Waals surface area contributed by atoms with E-state index in [4.69, 9.17) is 20.2 Å². The van der Waals surface area contributed by atoms with E-state index in [0.717, 1.165) is 82.8 Å². The number of ether oxygens (including phenoxy) is 2. The van der Waals surface area contributed by atoms with Crippen molar-refractivity contribution in [2.45, 2.75) is 144 Å². The fourth-order valence-electron chi connectivity index (χ4n) is 11.2. The van der Waals surface area contributed by atoms with Crippen LogP contribution in [0, 0.1) is 36.5 Å². The molecule has 2 aliphatic carbocycles. The van der Waals surface area contributed by atoms with Crippen LogP contribution < -0.4 is 20.1 Å². The minimum absolute atomic E-state index is 0.0405. The molecule has 4 atom stereocenters. The highest BCUT2D eigenvalue weighted by molar-refractivity contribution is 5.83. The van der Waals surface area contributed by atoms with Gasteiger partial charge in [0.25, 0.3) is 0 Å². The van der Waals surface area contributed by atoms with Crippen molar-refractivity contribution in [3.63, 3.8) is 0 Å². The lowest BCUT2D eigenvalue weighted by atomic mass is 9.70. The zero-order valence-electron chi connectivity index (χ0n) is 41.9. The topological polar surface area (TPSA) is 153 Å². The van der Waals surface area contributed by atoms with Gasteiger partial charge in [0.2, 0.25) is 11.9 Å². The van der Waals surface area contributed by atoms with Crippen LogP contribution in [-0.2, 0) is 22.4 Å². The molecule has 72 heavy (non-hydrogen) atoms. The van der Waals surface area contributed by atoms with Crippen molar-refractivity contribution in [2.24, 2.45) is 22.7 Å². The van der Waals surface area contributed by atoms with Gasteiger partial charge in [0.1, 0.15) is 11.5 Å². The molecule has 0 spiro atoms. The molecular formula is C54H64F6N6O6. The van der Waals surface area contributed by atoms with E-state index in [1.54, 1.807) is 0 Å². The molecule has 4 aromatic carbocycles. The fourth-order valence-corrected chi connectivity index (χ4v) is 11.2. The van der Waals surface area contributed by atoms with E-state index in [9.17, 15) is 35.9 Å². The number of carboxylic acid groups (broad SMARTS) is 2. The highest BCUT2D eigenvalue weighted by atomic mass is 19.4. The van der Waals surface area contributed by atoms with E-state index in [2.05, 4.69) is 82.9 Å². The molecule has 0 unspecified atom stereocenters. The maximum absolute atomic E-state index is 12.5. The summed E-state index contributed by atoms with van der Waals surface area (Å²) in [6.45, 7) is 17.6. The number of nitrogens with one attached hydrogen (secondary N) is 2. The molecule has 8 rings (SSSR count). The number of rotatable bonds is 14. The number of imidazole rings is 2. The molecule has 0 aliphatic heterocycles. The van der Waals surface area contributed by atoms with Crippen molar-refractivity contribution in [1.29, 1.82) is 0 Å². The van der Waals surface area contributed by atoms with Crippen LogP contribution in [0.15, 0.2) is 72.8 Å². The summed E-state index contributed by atoms with van der Waals surface area (Å²) in [6.07, 6.45) is -2.39. The molecule has 6 aromatic rings. The van der Waals surface area contributed by atoms with Gasteiger partial charge >= 0.3 is 24.7 Å². The average Bonchev–Trinajstić information content (AvgIpc) is 3.76.